The first kappa shape index (κ1) is 16.5. The lowest BCUT2D eigenvalue weighted by atomic mass is 10.0. The molecule has 2 N–H and O–H groups in total. The van der Waals surface area contributed by atoms with Crippen LogP contribution in [0.2, 0.25) is 0 Å². The molecule has 0 saturated heterocycles. The Morgan fingerprint density at radius 1 is 1.23 bits per heavy atom. The maximum Gasteiger partial charge on any atom is 0.255 e. The summed E-state index contributed by atoms with van der Waals surface area (Å²) >= 11 is 5.04. The molecule has 0 spiro atoms. The number of H-pyrrole nitrogens is 2. The van der Waals surface area contributed by atoms with Crippen molar-refractivity contribution in [1.82, 2.24) is 9.97 Å². The lowest BCUT2D eigenvalue weighted by Gasteiger charge is -2.14. The van der Waals surface area contributed by atoms with Gasteiger partial charge in [-0.2, -0.15) is 0 Å². The van der Waals surface area contributed by atoms with Gasteiger partial charge in [-0.3, -0.25) is 9.78 Å². The predicted octanol–water partition coefficient (Wildman–Crippen LogP) is 3.62. The van der Waals surface area contributed by atoms with Gasteiger partial charge in [0.2, 0.25) is 0 Å². The molecule has 0 aliphatic heterocycles. The van der Waals surface area contributed by atoms with E-state index in [2.05, 4.69) is 23.8 Å². The van der Waals surface area contributed by atoms with E-state index in [-0.39, 0.29) is 5.56 Å². The largest absolute Gasteiger partial charge is 0.493 e. The molecule has 0 atom stereocenters. The highest BCUT2D eigenvalue weighted by atomic mass is 32.1. The number of rotatable bonds is 6. The maximum absolute atomic E-state index is 12.2. The molecule has 4 nitrogen and oxygen atoms in total. The molecular formula is C17H22N2O2S. The second kappa shape index (κ2) is 7.40. The summed E-state index contributed by atoms with van der Waals surface area (Å²) in [5.74, 6) is 1.29. The first-order valence-corrected chi connectivity index (χ1v) is 7.97. The van der Waals surface area contributed by atoms with Crippen LogP contribution in [0.25, 0.3) is 0 Å². The van der Waals surface area contributed by atoms with Gasteiger partial charge >= 0.3 is 0 Å². The summed E-state index contributed by atoms with van der Waals surface area (Å²) in [6.07, 6.45) is 1.26. The number of aromatic amines is 2. The summed E-state index contributed by atoms with van der Waals surface area (Å²) in [6.45, 7) is 6.88. The zero-order valence-corrected chi connectivity index (χ0v) is 14.0. The highest BCUT2D eigenvalue weighted by Crippen LogP contribution is 2.22. The molecule has 0 radical (unpaired) electrons. The van der Waals surface area contributed by atoms with E-state index >= 15 is 0 Å². The molecule has 0 saturated carbocycles. The van der Waals surface area contributed by atoms with Gasteiger partial charge in [0.05, 0.1) is 6.61 Å². The zero-order chi connectivity index (χ0) is 16.1. The summed E-state index contributed by atoms with van der Waals surface area (Å²) in [7, 11) is 0. The summed E-state index contributed by atoms with van der Waals surface area (Å²) in [4.78, 5) is 18.0. The van der Waals surface area contributed by atoms with Crippen molar-refractivity contribution in [3.63, 3.8) is 0 Å². The minimum absolute atomic E-state index is 0.126. The Balaban J connectivity index is 2.36. The molecule has 1 aromatic heterocycles. The van der Waals surface area contributed by atoms with E-state index in [9.17, 15) is 4.79 Å². The lowest BCUT2D eigenvalue weighted by molar-refractivity contribution is 0.269. The average molecular weight is 318 g/mol. The molecule has 0 fully saturated rings. The molecule has 0 aliphatic rings. The average Bonchev–Trinajstić information content (AvgIpc) is 2.48. The minimum Gasteiger partial charge on any atom is -0.493 e. The first-order valence-electron chi connectivity index (χ1n) is 7.56. The topological polar surface area (TPSA) is 57.9 Å². The van der Waals surface area contributed by atoms with Crippen molar-refractivity contribution in [1.29, 1.82) is 0 Å². The van der Waals surface area contributed by atoms with Crippen LogP contribution in [0, 0.1) is 10.7 Å². The van der Waals surface area contributed by atoms with Crippen LogP contribution in [0.5, 0.6) is 5.75 Å². The highest BCUT2D eigenvalue weighted by molar-refractivity contribution is 7.71. The van der Waals surface area contributed by atoms with E-state index in [1.54, 1.807) is 0 Å². The third-order valence-corrected chi connectivity index (χ3v) is 3.60. The summed E-state index contributed by atoms with van der Waals surface area (Å²) in [6, 6.07) is 7.85. The quantitative estimate of drug-likeness (QED) is 0.800. The first-order chi connectivity index (χ1) is 10.5. The fourth-order valence-electron chi connectivity index (χ4n) is 2.29. The Hall–Kier alpha value is -1.88. The smallest absolute Gasteiger partial charge is 0.255 e. The van der Waals surface area contributed by atoms with Gasteiger partial charge in [-0.1, -0.05) is 39.0 Å². The van der Waals surface area contributed by atoms with Crippen LogP contribution >= 0.6 is 12.2 Å². The van der Waals surface area contributed by atoms with Crippen LogP contribution in [-0.2, 0) is 12.8 Å². The van der Waals surface area contributed by atoms with Crippen LogP contribution < -0.4 is 10.3 Å². The van der Waals surface area contributed by atoms with Gasteiger partial charge in [-0.15, -0.1) is 0 Å². The molecule has 0 aliphatic carbocycles. The van der Waals surface area contributed by atoms with Gasteiger partial charge < -0.3 is 9.72 Å². The Morgan fingerprint density at radius 3 is 2.64 bits per heavy atom. The normalized spacial score (nSPS) is 10.9. The van der Waals surface area contributed by atoms with Crippen LogP contribution in [0.3, 0.4) is 0 Å². The summed E-state index contributed by atoms with van der Waals surface area (Å²) in [5, 5.41) is 0. The van der Waals surface area contributed by atoms with Gasteiger partial charge in [0.15, 0.2) is 4.77 Å². The van der Waals surface area contributed by atoms with Gasteiger partial charge in [-0.25, -0.2) is 0 Å². The number of ether oxygens (including phenoxy) is 1. The molecule has 118 valence electrons. The molecule has 2 rings (SSSR count). The van der Waals surface area contributed by atoms with Crippen LogP contribution in [0.15, 0.2) is 29.1 Å². The van der Waals surface area contributed by atoms with Gasteiger partial charge in [0.25, 0.3) is 5.56 Å². The van der Waals surface area contributed by atoms with Crippen LogP contribution in [0.4, 0.5) is 0 Å². The zero-order valence-electron chi connectivity index (χ0n) is 13.2. The van der Waals surface area contributed by atoms with E-state index in [1.807, 2.05) is 31.2 Å². The second-order valence-electron chi connectivity index (χ2n) is 5.71. The van der Waals surface area contributed by atoms with E-state index in [0.29, 0.717) is 23.7 Å². The number of aromatic nitrogens is 2. The fraction of sp³-hybridized carbons (Fsp3) is 0.412. The van der Waals surface area contributed by atoms with Gasteiger partial charge in [0.1, 0.15) is 5.75 Å². The number of aryl methyl sites for hydroxylation is 1. The molecule has 0 unspecified atom stereocenters. The number of para-hydroxylation sites is 1. The lowest BCUT2D eigenvalue weighted by Crippen LogP contribution is -2.18. The Kier molecular flexibility index (Phi) is 5.55. The SMILES string of the molecule is CCc1[nH]c(=S)[nH]c(=O)c1Cc1ccccc1OCC(C)C. The standard InChI is InChI=1S/C17H22N2O2S/c1-4-14-13(16(20)19-17(22)18-14)9-12-7-5-6-8-15(12)21-10-11(2)3/h5-8,11H,4,9-10H2,1-3H3,(H2,18,19,20,22). The summed E-state index contributed by atoms with van der Waals surface area (Å²) < 4.78 is 6.24. The third-order valence-electron chi connectivity index (χ3n) is 3.40. The van der Waals surface area contributed by atoms with E-state index < -0.39 is 0 Å². The maximum atomic E-state index is 12.2. The fourth-order valence-corrected chi connectivity index (χ4v) is 2.50. The molecule has 0 amide bonds. The monoisotopic (exact) mass is 318 g/mol. The number of hydrogen-bond acceptors (Lipinski definition) is 3. The molecule has 22 heavy (non-hydrogen) atoms. The van der Waals surface area contributed by atoms with Crippen LogP contribution in [0.1, 0.15) is 37.6 Å². The minimum atomic E-state index is -0.126. The predicted molar refractivity (Wildman–Crippen MR) is 91.2 cm³/mol. The molecule has 2 aromatic rings. The third kappa shape index (κ3) is 4.07. The van der Waals surface area contributed by atoms with Crippen molar-refractivity contribution >= 4 is 12.2 Å². The van der Waals surface area contributed by atoms with E-state index in [1.165, 1.54) is 0 Å². The number of hydrogen-bond donors (Lipinski definition) is 2. The molecule has 5 heteroatoms. The van der Waals surface area contributed by atoms with Crippen molar-refractivity contribution in [3.05, 3.63) is 56.2 Å². The Labute approximate surface area is 135 Å². The van der Waals surface area contributed by atoms with Gasteiger partial charge in [0, 0.05) is 17.7 Å². The van der Waals surface area contributed by atoms with E-state index in [0.717, 1.165) is 29.0 Å². The molecule has 1 heterocycles. The Morgan fingerprint density at radius 2 is 1.95 bits per heavy atom. The van der Waals surface area contributed by atoms with Crippen LogP contribution in [-0.4, -0.2) is 16.6 Å². The van der Waals surface area contributed by atoms with Crippen molar-refractivity contribution < 1.29 is 4.74 Å². The molecule has 0 bridgehead atoms. The molecule has 1 aromatic carbocycles. The highest BCUT2D eigenvalue weighted by Gasteiger charge is 2.11. The Bertz CT molecular complexity index is 747. The second-order valence-corrected chi connectivity index (χ2v) is 6.12. The van der Waals surface area contributed by atoms with Crippen molar-refractivity contribution in [2.24, 2.45) is 5.92 Å². The molecular weight excluding hydrogens is 296 g/mol. The van der Waals surface area contributed by atoms with Gasteiger partial charge in [-0.05, 0) is 36.2 Å². The van der Waals surface area contributed by atoms with Crippen molar-refractivity contribution in [2.45, 2.75) is 33.6 Å². The summed E-state index contributed by atoms with van der Waals surface area (Å²) in [5.41, 5.74) is 2.48. The van der Waals surface area contributed by atoms with Crippen molar-refractivity contribution in [2.75, 3.05) is 6.61 Å². The van der Waals surface area contributed by atoms with E-state index in [4.69, 9.17) is 17.0 Å². The number of benzene rings is 1. The van der Waals surface area contributed by atoms with Crippen molar-refractivity contribution in [3.8, 4) is 5.75 Å². The number of nitrogens with one attached hydrogen (secondary N) is 2.